The van der Waals surface area contributed by atoms with Gasteiger partial charge in [0.2, 0.25) is 5.95 Å². The van der Waals surface area contributed by atoms with Gasteiger partial charge in [0.15, 0.2) is 0 Å². The van der Waals surface area contributed by atoms with Crippen molar-refractivity contribution in [2.75, 3.05) is 31.6 Å². The molecular formula is C36H39N5O3. The summed E-state index contributed by atoms with van der Waals surface area (Å²) < 4.78 is 13.4. The zero-order chi connectivity index (χ0) is 29.7. The number of nitrogens with one attached hydrogen (secondary N) is 2. The second kappa shape index (κ2) is 13.3. The van der Waals surface area contributed by atoms with Crippen molar-refractivity contribution in [1.29, 1.82) is 0 Å². The molecule has 2 aromatic heterocycles. The van der Waals surface area contributed by atoms with Gasteiger partial charge in [0.1, 0.15) is 11.8 Å². The lowest BCUT2D eigenvalue weighted by atomic mass is 9.97. The summed E-state index contributed by atoms with van der Waals surface area (Å²) in [6, 6.07) is 18.7. The molecule has 3 fully saturated rings. The minimum Gasteiger partial charge on any atom is -0.371 e. The van der Waals surface area contributed by atoms with Crippen LogP contribution in [0.15, 0.2) is 65.6 Å². The fraction of sp³-hybridized carbons (Fsp3) is 0.417. The molecule has 1 aliphatic carbocycles. The zero-order valence-electron chi connectivity index (χ0n) is 25.1. The highest BCUT2D eigenvalue weighted by atomic mass is 16.5. The summed E-state index contributed by atoms with van der Waals surface area (Å²) in [4.78, 5) is 23.4. The van der Waals surface area contributed by atoms with Gasteiger partial charge in [-0.2, -0.15) is 4.98 Å². The highest BCUT2D eigenvalue weighted by Gasteiger charge is 2.18. The number of rotatable bonds is 6. The Morgan fingerprint density at radius 3 is 2.48 bits per heavy atom. The number of nitrogens with zero attached hydrogens (tertiary/aromatic N) is 3. The molecule has 8 nitrogen and oxygen atoms in total. The van der Waals surface area contributed by atoms with E-state index >= 15 is 0 Å². The van der Waals surface area contributed by atoms with Crippen molar-refractivity contribution >= 4 is 22.7 Å². The van der Waals surface area contributed by atoms with Crippen LogP contribution in [0.4, 0.5) is 11.6 Å². The summed E-state index contributed by atoms with van der Waals surface area (Å²) in [6.07, 6.45) is 9.87. The van der Waals surface area contributed by atoms with E-state index in [-0.39, 0.29) is 17.8 Å². The standard InChI is InChI=1S/C36H39N5O3/c42-35-29(14-17-32-7-3-4-19-43-32)21-30-22-38-36(39-31-15-12-28(13-16-31)33-23-37-18-20-44-33)40-34(30)41(35)24-25-8-10-27(11-9-25)26-5-1-2-6-26/h8-13,15-16,21-22,26,32-33,37H,1-7,18-20,23-24H2,(H,38,39,40). The Morgan fingerprint density at radius 2 is 1.73 bits per heavy atom. The Hall–Kier alpha value is -4.03. The van der Waals surface area contributed by atoms with Gasteiger partial charge >= 0.3 is 0 Å². The van der Waals surface area contributed by atoms with Gasteiger partial charge in [-0.15, -0.1) is 0 Å². The number of morpholine rings is 1. The average Bonchev–Trinajstić information content (AvgIpc) is 3.62. The largest absolute Gasteiger partial charge is 0.371 e. The van der Waals surface area contributed by atoms with E-state index in [1.807, 2.05) is 18.2 Å². The van der Waals surface area contributed by atoms with E-state index in [0.717, 1.165) is 61.2 Å². The van der Waals surface area contributed by atoms with Crippen LogP contribution < -0.4 is 16.2 Å². The van der Waals surface area contributed by atoms with Crippen molar-refractivity contribution in [3.05, 3.63) is 93.4 Å². The molecule has 3 aliphatic rings. The topological polar surface area (TPSA) is 90.3 Å². The molecule has 0 radical (unpaired) electrons. The van der Waals surface area contributed by atoms with Crippen LogP contribution in [-0.2, 0) is 16.0 Å². The average molecular weight is 590 g/mol. The molecular weight excluding hydrogens is 550 g/mol. The van der Waals surface area contributed by atoms with Crippen LogP contribution in [0.3, 0.4) is 0 Å². The molecule has 4 heterocycles. The van der Waals surface area contributed by atoms with Gasteiger partial charge in [-0.1, -0.05) is 61.1 Å². The summed E-state index contributed by atoms with van der Waals surface area (Å²) in [6.45, 7) is 3.52. The van der Waals surface area contributed by atoms with Crippen LogP contribution >= 0.6 is 0 Å². The molecule has 0 spiro atoms. The van der Waals surface area contributed by atoms with Crippen molar-refractivity contribution in [3.8, 4) is 11.8 Å². The summed E-state index contributed by atoms with van der Waals surface area (Å²) >= 11 is 0. The first-order chi connectivity index (χ1) is 21.7. The van der Waals surface area contributed by atoms with Gasteiger partial charge in [-0.05, 0) is 72.9 Å². The van der Waals surface area contributed by atoms with E-state index < -0.39 is 0 Å². The molecule has 7 rings (SSSR count). The number of fused-ring (bicyclic) bond motifs is 1. The van der Waals surface area contributed by atoms with Gasteiger partial charge in [0.05, 0.1) is 24.8 Å². The minimum absolute atomic E-state index is 0.0540. The number of hydrogen-bond donors (Lipinski definition) is 2. The third kappa shape index (κ3) is 6.56. The lowest BCUT2D eigenvalue weighted by molar-refractivity contribution is 0.0277. The molecule has 2 atom stereocenters. The third-order valence-electron chi connectivity index (χ3n) is 8.99. The SMILES string of the molecule is O=c1c(C#CC2CCCCO2)cc2cnc(Nc3ccc(C4CNCCO4)cc3)nc2n1Cc1ccc(C2CCCC2)cc1. The van der Waals surface area contributed by atoms with Crippen molar-refractivity contribution in [2.24, 2.45) is 0 Å². The van der Waals surface area contributed by atoms with E-state index in [1.165, 1.54) is 31.2 Å². The molecule has 44 heavy (non-hydrogen) atoms. The lowest BCUT2D eigenvalue weighted by Crippen LogP contribution is -2.33. The molecule has 0 bridgehead atoms. The molecule has 2 N–H and O–H groups in total. The van der Waals surface area contributed by atoms with Crippen molar-refractivity contribution in [2.45, 2.75) is 69.6 Å². The van der Waals surface area contributed by atoms with Gasteiger partial charge in [0.25, 0.3) is 5.56 Å². The van der Waals surface area contributed by atoms with Gasteiger partial charge in [-0.25, -0.2) is 4.98 Å². The summed E-state index contributed by atoms with van der Waals surface area (Å²) in [5.41, 5.74) is 5.29. The number of benzene rings is 2. The van der Waals surface area contributed by atoms with E-state index in [9.17, 15) is 4.79 Å². The molecule has 2 aromatic carbocycles. The van der Waals surface area contributed by atoms with Crippen LogP contribution in [0.1, 0.15) is 79.2 Å². The van der Waals surface area contributed by atoms with Crippen LogP contribution in [0.5, 0.6) is 0 Å². The fourth-order valence-corrected chi connectivity index (χ4v) is 6.49. The fourth-order valence-electron chi connectivity index (χ4n) is 6.49. The molecule has 4 aromatic rings. The van der Waals surface area contributed by atoms with Crippen molar-refractivity contribution in [1.82, 2.24) is 19.9 Å². The molecule has 1 saturated carbocycles. The van der Waals surface area contributed by atoms with E-state index in [2.05, 4.69) is 63.9 Å². The third-order valence-corrected chi connectivity index (χ3v) is 8.99. The molecule has 226 valence electrons. The second-order valence-corrected chi connectivity index (χ2v) is 12.1. The minimum atomic E-state index is -0.157. The molecule has 2 unspecified atom stereocenters. The van der Waals surface area contributed by atoms with E-state index in [4.69, 9.17) is 14.5 Å². The van der Waals surface area contributed by atoms with Crippen LogP contribution in [0.25, 0.3) is 11.0 Å². The zero-order valence-corrected chi connectivity index (χ0v) is 25.1. The maximum atomic E-state index is 13.9. The Morgan fingerprint density at radius 1 is 0.932 bits per heavy atom. The number of pyridine rings is 1. The second-order valence-electron chi connectivity index (χ2n) is 12.1. The quantitative estimate of drug-likeness (QED) is 0.274. The maximum absolute atomic E-state index is 13.9. The van der Waals surface area contributed by atoms with Crippen LogP contribution in [-0.4, -0.2) is 46.9 Å². The molecule has 8 heteroatoms. The first-order valence-electron chi connectivity index (χ1n) is 16.0. The van der Waals surface area contributed by atoms with Gasteiger partial charge < -0.3 is 20.1 Å². The predicted octanol–water partition coefficient (Wildman–Crippen LogP) is 5.82. The molecule has 0 amide bonds. The summed E-state index contributed by atoms with van der Waals surface area (Å²) in [7, 11) is 0. The molecule has 2 saturated heterocycles. The van der Waals surface area contributed by atoms with Crippen molar-refractivity contribution in [3.63, 3.8) is 0 Å². The number of anilines is 2. The monoisotopic (exact) mass is 589 g/mol. The first-order valence-corrected chi connectivity index (χ1v) is 16.0. The lowest BCUT2D eigenvalue weighted by Gasteiger charge is -2.24. The number of ether oxygens (including phenoxy) is 2. The Labute approximate surface area is 258 Å². The Bertz CT molecular complexity index is 1700. The smallest absolute Gasteiger partial charge is 0.268 e. The highest BCUT2D eigenvalue weighted by molar-refractivity contribution is 5.77. The predicted molar refractivity (Wildman–Crippen MR) is 172 cm³/mol. The van der Waals surface area contributed by atoms with Crippen LogP contribution in [0.2, 0.25) is 0 Å². The summed E-state index contributed by atoms with van der Waals surface area (Å²) in [5.74, 6) is 7.41. The highest BCUT2D eigenvalue weighted by Crippen LogP contribution is 2.34. The van der Waals surface area contributed by atoms with Crippen molar-refractivity contribution < 1.29 is 9.47 Å². The normalized spacial score (nSPS) is 20.7. The molecule has 2 aliphatic heterocycles. The van der Waals surface area contributed by atoms with E-state index in [1.54, 1.807) is 10.8 Å². The summed E-state index contributed by atoms with van der Waals surface area (Å²) in [5, 5.41) is 7.46. The number of hydrogen-bond acceptors (Lipinski definition) is 7. The number of aromatic nitrogens is 3. The first kappa shape index (κ1) is 28.7. The van der Waals surface area contributed by atoms with Gasteiger partial charge in [-0.3, -0.25) is 9.36 Å². The van der Waals surface area contributed by atoms with Crippen LogP contribution in [0, 0.1) is 11.8 Å². The maximum Gasteiger partial charge on any atom is 0.268 e. The van der Waals surface area contributed by atoms with E-state index in [0.29, 0.717) is 36.2 Å². The van der Waals surface area contributed by atoms with Gasteiger partial charge in [0, 0.05) is 37.0 Å². The Balaban J connectivity index is 1.19. The Kier molecular flexibility index (Phi) is 8.69.